The van der Waals surface area contributed by atoms with Crippen LogP contribution in [0, 0.1) is 6.92 Å². The van der Waals surface area contributed by atoms with Gasteiger partial charge in [-0.2, -0.15) is 13.2 Å². The Balaban J connectivity index is 1.54. The fourth-order valence-corrected chi connectivity index (χ4v) is 3.08. The second kappa shape index (κ2) is 8.06. The van der Waals surface area contributed by atoms with E-state index in [-0.39, 0.29) is 5.69 Å². The van der Waals surface area contributed by atoms with Gasteiger partial charge in [0.15, 0.2) is 0 Å². The summed E-state index contributed by atoms with van der Waals surface area (Å²) in [4.78, 5) is 12.5. The van der Waals surface area contributed by atoms with Gasteiger partial charge in [-0.15, -0.1) is 5.10 Å². The van der Waals surface area contributed by atoms with Gasteiger partial charge in [0, 0.05) is 16.8 Å². The van der Waals surface area contributed by atoms with Crippen molar-refractivity contribution in [3.8, 4) is 16.9 Å². The standard InChI is InChI=1S/C23H17F3N4O/c1-15-5-7-16(8-6-15)21-14-27-29-30(21)20-11-9-17(10-12-20)22(31)28-19-4-2-3-18(13-19)23(24,25)26/h2-14H,1H3,(H,28,31). The lowest BCUT2D eigenvalue weighted by Crippen LogP contribution is -2.13. The van der Waals surface area contributed by atoms with Gasteiger partial charge in [-0.3, -0.25) is 4.79 Å². The molecule has 0 aliphatic rings. The number of benzene rings is 3. The predicted octanol–water partition coefficient (Wildman–Crippen LogP) is 5.51. The number of alkyl halides is 3. The first-order valence-electron chi connectivity index (χ1n) is 9.38. The normalized spacial score (nSPS) is 11.4. The molecule has 0 fully saturated rings. The van der Waals surface area contributed by atoms with E-state index in [1.807, 2.05) is 31.2 Å². The summed E-state index contributed by atoms with van der Waals surface area (Å²) in [6.45, 7) is 2.00. The molecule has 3 aromatic carbocycles. The minimum atomic E-state index is -4.48. The highest BCUT2D eigenvalue weighted by Crippen LogP contribution is 2.30. The zero-order valence-corrected chi connectivity index (χ0v) is 16.4. The van der Waals surface area contributed by atoms with Gasteiger partial charge in [-0.1, -0.05) is 41.1 Å². The van der Waals surface area contributed by atoms with E-state index in [1.165, 1.54) is 12.1 Å². The number of hydrogen-bond acceptors (Lipinski definition) is 3. The van der Waals surface area contributed by atoms with Crippen molar-refractivity contribution in [1.29, 1.82) is 0 Å². The van der Waals surface area contributed by atoms with Crippen molar-refractivity contribution in [2.24, 2.45) is 0 Å². The maximum atomic E-state index is 12.9. The van der Waals surface area contributed by atoms with E-state index >= 15 is 0 Å². The summed E-state index contributed by atoms with van der Waals surface area (Å²) in [7, 11) is 0. The summed E-state index contributed by atoms with van der Waals surface area (Å²) in [5, 5.41) is 10.6. The molecule has 0 aliphatic carbocycles. The van der Waals surface area contributed by atoms with Crippen LogP contribution in [-0.4, -0.2) is 20.9 Å². The summed E-state index contributed by atoms with van der Waals surface area (Å²) >= 11 is 0. The van der Waals surface area contributed by atoms with E-state index in [2.05, 4.69) is 15.6 Å². The Morgan fingerprint density at radius 2 is 1.68 bits per heavy atom. The number of nitrogens with zero attached hydrogens (tertiary/aromatic N) is 3. The first-order chi connectivity index (χ1) is 14.8. The number of anilines is 1. The lowest BCUT2D eigenvalue weighted by atomic mass is 10.1. The molecular formula is C23H17F3N4O. The van der Waals surface area contributed by atoms with E-state index in [1.54, 1.807) is 35.1 Å². The van der Waals surface area contributed by atoms with Gasteiger partial charge in [0.2, 0.25) is 0 Å². The van der Waals surface area contributed by atoms with Crippen LogP contribution in [0.3, 0.4) is 0 Å². The Labute approximate surface area is 176 Å². The minimum absolute atomic E-state index is 0.0711. The monoisotopic (exact) mass is 422 g/mol. The minimum Gasteiger partial charge on any atom is -0.322 e. The van der Waals surface area contributed by atoms with Gasteiger partial charge in [0.25, 0.3) is 5.91 Å². The molecule has 0 spiro atoms. The molecule has 8 heteroatoms. The number of carbonyl (C=O) groups excluding carboxylic acids is 1. The highest BCUT2D eigenvalue weighted by molar-refractivity contribution is 6.04. The number of aromatic nitrogens is 3. The molecule has 31 heavy (non-hydrogen) atoms. The largest absolute Gasteiger partial charge is 0.416 e. The Morgan fingerprint density at radius 3 is 2.35 bits per heavy atom. The van der Waals surface area contributed by atoms with Crippen molar-refractivity contribution in [2.75, 3.05) is 5.32 Å². The molecule has 1 aromatic heterocycles. The number of amides is 1. The van der Waals surface area contributed by atoms with Crippen LogP contribution in [0.25, 0.3) is 16.9 Å². The van der Waals surface area contributed by atoms with Crippen LogP contribution in [0.15, 0.2) is 79.0 Å². The van der Waals surface area contributed by atoms with Crippen LogP contribution < -0.4 is 5.32 Å². The van der Waals surface area contributed by atoms with Crippen molar-refractivity contribution in [3.05, 3.63) is 95.7 Å². The fraction of sp³-hybridized carbons (Fsp3) is 0.0870. The molecular weight excluding hydrogens is 405 g/mol. The average Bonchev–Trinajstić information content (AvgIpc) is 3.24. The van der Waals surface area contributed by atoms with Gasteiger partial charge in [-0.25, -0.2) is 4.68 Å². The third kappa shape index (κ3) is 4.48. The van der Waals surface area contributed by atoms with Gasteiger partial charge in [-0.05, 0) is 49.4 Å². The molecule has 4 aromatic rings. The SMILES string of the molecule is Cc1ccc(-c2cnnn2-c2ccc(C(=O)Nc3cccc(C(F)(F)F)c3)cc2)cc1. The van der Waals surface area contributed by atoms with Crippen LogP contribution >= 0.6 is 0 Å². The summed E-state index contributed by atoms with van der Waals surface area (Å²) in [6, 6.07) is 19.0. The van der Waals surface area contributed by atoms with Crippen molar-refractivity contribution in [1.82, 2.24) is 15.0 Å². The lowest BCUT2D eigenvalue weighted by Gasteiger charge is -2.10. The summed E-state index contributed by atoms with van der Waals surface area (Å²) in [6.07, 6.45) is -2.83. The first kappa shape index (κ1) is 20.3. The van der Waals surface area contributed by atoms with Crippen LogP contribution in [-0.2, 0) is 6.18 Å². The zero-order valence-electron chi connectivity index (χ0n) is 16.4. The predicted molar refractivity (Wildman–Crippen MR) is 111 cm³/mol. The Kier molecular flexibility index (Phi) is 5.29. The van der Waals surface area contributed by atoms with Gasteiger partial charge < -0.3 is 5.32 Å². The number of rotatable bonds is 4. The molecule has 4 rings (SSSR count). The topological polar surface area (TPSA) is 59.8 Å². The second-order valence-electron chi connectivity index (χ2n) is 6.98. The molecule has 0 radical (unpaired) electrons. The molecule has 5 nitrogen and oxygen atoms in total. The van der Waals surface area contributed by atoms with E-state index in [9.17, 15) is 18.0 Å². The number of hydrogen-bond donors (Lipinski definition) is 1. The molecule has 1 heterocycles. The molecule has 0 atom stereocenters. The lowest BCUT2D eigenvalue weighted by molar-refractivity contribution is -0.137. The van der Waals surface area contributed by atoms with Crippen LogP contribution in [0.4, 0.5) is 18.9 Å². The van der Waals surface area contributed by atoms with Crippen LogP contribution in [0.2, 0.25) is 0 Å². The van der Waals surface area contributed by atoms with Crippen molar-refractivity contribution in [3.63, 3.8) is 0 Å². The molecule has 156 valence electrons. The second-order valence-corrected chi connectivity index (χ2v) is 6.98. The molecule has 1 N–H and O–H groups in total. The van der Waals surface area contributed by atoms with Gasteiger partial charge >= 0.3 is 6.18 Å². The number of carbonyl (C=O) groups is 1. The Hall–Kier alpha value is -3.94. The Morgan fingerprint density at radius 1 is 0.968 bits per heavy atom. The average molecular weight is 422 g/mol. The maximum absolute atomic E-state index is 12.9. The molecule has 0 aliphatic heterocycles. The maximum Gasteiger partial charge on any atom is 0.416 e. The molecule has 0 saturated carbocycles. The highest BCUT2D eigenvalue weighted by atomic mass is 19.4. The molecule has 0 saturated heterocycles. The van der Waals surface area contributed by atoms with E-state index in [4.69, 9.17) is 0 Å². The van der Waals surface area contributed by atoms with Crippen molar-refractivity contribution >= 4 is 11.6 Å². The molecule has 0 unspecified atom stereocenters. The smallest absolute Gasteiger partial charge is 0.322 e. The van der Waals surface area contributed by atoms with Gasteiger partial charge in [0.05, 0.1) is 23.1 Å². The van der Waals surface area contributed by atoms with Crippen LogP contribution in [0.5, 0.6) is 0 Å². The van der Waals surface area contributed by atoms with Crippen molar-refractivity contribution in [2.45, 2.75) is 13.1 Å². The molecule has 0 bridgehead atoms. The summed E-state index contributed by atoms with van der Waals surface area (Å²) in [5.41, 5.74) is 3.13. The summed E-state index contributed by atoms with van der Waals surface area (Å²) < 4.78 is 40.2. The van der Waals surface area contributed by atoms with E-state index < -0.39 is 17.6 Å². The van der Waals surface area contributed by atoms with Crippen molar-refractivity contribution < 1.29 is 18.0 Å². The zero-order chi connectivity index (χ0) is 22.0. The Bertz CT molecular complexity index is 1210. The van der Waals surface area contributed by atoms with E-state index in [0.717, 1.165) is 29.0 Å². The van der Waals surface area contributed by atoms with Crippen LogP contribution in [0.1, 0.15) is 21.5 Å². The fourth-order valence-electron chi connectivity index (χ4n) is 3.08. The van der Waals surface area contributed by atoms with E-state index in [0.29, 0.717) is 11.3 Å². The number of nitrogens with one attached hydrogen (secondary N) is 1. The quantitative estimate of drug-likeness (QED) is 0.472. The third-order valence-electron chi connectivity index (χ3n) is 4.72. The molecule has 1 amide bonds. The number of halogens is 3. The summed E-state index contributed by atoms with van der Waals surface area (Å²) in [5.74, 6) is -0.511. The van der Waals surface area contributed by atoms with Gasteiger partial charge in [0.1, 0.15) is 0 Å². The highest BCUT2D eigenvalue weighted by Gasteiger charge is 2.30. The number of aryl methyl sites for hydroxylation is 1. The first-order valence-corrected chi connectivity index (χ1v) is 9.38. The third-order valence-corrected chi connectivity index (χ3v) is 4.72.